The number of hydrogen-bond donors (Lipinski definition) is 3. The number of H-pyrrole nitrogens is 1. The zero-order valence-electron chi connectivity index (χ0n) is 23.8. The third kappa shape index (κ3) is 6.20. The van der Waals surface area contributed by atoms with Crippen LogP contribution < -0.4 is 10.6 Å². The molecular formula is C33H33N3O6. The summed E-state index contributed by atoms with van der Waals surface area (Å²) in [7, 11) is 0. The second kappa shape index (κ2) is 11.9. The van der Waals surface area contributed by atoms with Crippen LogP contribution in [0.4, 0.5) is 10.5 Å². The van der Waals surface area contributed by atoms with Gasteiger partial charge in [0.2, 0.25) is 0 Å². The Labute approximate surface area is 243 Å². The number of ketones is 2. The van der Waals surface area contributed by atoms with Crippen molar-refractivity contribution in [2.75, 3.05) is 18.5 Å². The molecular weight excluding hydrogens is 534 g/mol. The smallest absolute Gasteiger partial charge is 0.408 e. The predicted molar refractivity (Wildman–Crippen MR) is 159 cm³/mol. The van der Waals surface area contributed by atoms with E-state index >= 15 is 0 Å². The molecule has 1 amide bonds. The molecule has 1 aliphatic carbocycles. The average Bonchev–Trinajstić information content (AvgIpc) is 3.37. The zero-order valence-corrected chi connectivity index (χ0v) is 23.8. The molecule has 0 unspecified atom stereocenters. The number of aromatic amines is 1. The van der Waals surface area contributed by atoms with E-state index in [0.717, 1.165) is 16.5 Å². The lowest BCUT2D eigenvalue weighted by molar-refractivity contribution is -0.146. The number of anilines is 1. The normalized spacial score (nSPS) is 13.2. The highest BCUT2D eigenvalue weighted by Gasteiger charge is 2.31. The first-order valence-corrected chi connectivity index (χ1v) is 13.9. The third-order valence-corrected chi connectivity index (χ3v) is 6.91. The molecule has 0 saturated carbocycles. The molecule has 3 aromatic carbocycles. The molecule has 1 heterocycles. The van der Waals surface area contributed by atoms with Crippen LogP contribution in [0.3, 0.4) is 0 Å². The molecule has 0 fully saturated rings. The highest BCUT2D eigenvalue weighted by molar-refractivity contribution is 6.30. The van der Waals surface area contributed by atoms with Crippen molar-refractivity contribution >= 4 is 40.2 Å². The number of benzene rings is 3. The number of rotatable bonds is 9. The monoisotopic (exact) mass is 567 g/mol. The highest BCUT2D eigenvalue weighted by Crippen LogP contribution is 2.32. The summed E-state index contributed by atoms with van der Waals surface area (Å²) >= 11 is 0. The molecule has 216 valence electrons. The first-order chi connectivity index (χ1) is 20.1. The van der Waals surface area contributed by atoms with Crippen molar-refractivity contribution in [1.82, 2.24) is 10.3 Å². The minimum Gasteiger partial charge on any atom is -0.464 e. The summed E-state index contributed by atoms with van der Waals surface area (Å²) in [4.78, 5) is 55.0. The number of carbonyl (C=O) groups is 4. The Hall–Kier alpha value is -4.92. The van der Waals surface area contributed by atoms with E-state index in [2.05, 4.69) is 15.6 Å². The highest BCUT2D eigenvalue weighted by atomic mass is 16.6. The molecule has 1 atom stereocenters. The number of amides is 1. The van der Waals surface area contributed by atoms with Gasteiger partial charge in [-0.2, -0.15) is 0 Å². The van der Waals surface area contributed by atoms with E-state index in [4.69, 9.17) is 9.47 Å². The fraction of sp³-hybridized carbons (Fsp3) is 0.273. The molecule has 0 saturated heterocycles. The van der Waals surface area contributed by atoms with E-state index in [1.54, 1.807) is 63.2 Å². The summed E-state index contributed by atoms with van der Waals surface area (Å²) in [6.07, 6.45) is 1.76. The summed E-state index contributed by atoms with van der Waals surface area (Å²) in [5.41, 5.74) is 3.11. The van der Waals surface area contributed by atoms with Crippen LogP contribution >= 0.6 is 0 Å². The van der Waals surface area contributed by atoms with E-state index in [-0.39, 0.29) is 24.6 Å². The molecule has 1 aliphatic rings. The van der Waals surface area contributed by atoms with Gasteiger partial charge in [-0.05, 0) is 44.9 Å². The molecule has 9 nitrogen and oxygen atoms in total. The minimum absolute atomic E-state index is 0.0803. The van der Waals surface area contributed by atoms with Crippen molar-refractivity contribution < 1.29 is 28.7 Å². The van der Waals surface area contributed by atoms with Crippen LogP contribution in [0, 0.1) is 0 Å². The molecule has 3 N–H and O–H groups in total. The fourth-order valence-corrected chi connectivity index (χ4v) is 5.02. The zero-order chi connectivity index (χ0) is 29.9. The second-order valence-corrected chi connectivity index (χ2v) is 11.1. The number of alkyl carbamates (subject to hydrolysis) is 1. The van der Waals surface area contributed by atoms with Crippen LogP contribution in [0.5, 0.6) is 0 Å². The standard InChI is InChI=1S/C33H33N3O6/c1-33(2,3)42-32(40)36-27(18-20-19-35-25-14-7-6-10-21(20)25)31(39)41-17-9-16-34-26-15-8-13-24-28(26)30(38)23-12-5-4-11-22(23)29(24)37/h4-8,10-15,19,27,34-35H,9,16-18H2,1-3H3,(H,36,40)/t27-/m0/s1. The predicted octanol–water partition coefficient (Wildman–Crippen LogP) is 5.42. The summed E-state index contributed by atoms with van der Waals surface area (Å²) in [6, 6.07) is 18.7. The Kier molecular flexibility index (Phi) is 8.10. The van der Waals surface area contributed by atoms with Crippen molar-refractivity contribution in [2.45, 2.75) is 45.3 Å². The maximum atomic E-state index is 13.2. The van der Waals surface area contributed by atoms with Gasteiger partial charge in [0.15, 0.2) is 11.6 Å². The summed E-state index contributed by atoms with van der Waals surface area (Å²) in [6.45, 7) is 5.71. The van der Waals surface area contributed by atoms with Crippen molar-refractivity contribution in [3.8, 4) is 0 Å². The van der Waals surface area contributed by atoms with Gasteiger partial charge >= 0.3 is 12.1 Å². The van der Waals surface area contributed by atoms with Gasteiger partial charge in [-0.25, -0.2) is 9.59 Å². The molecule has 5 rings (SSSR count). The lowest BCUT2D eigenvalue weighted by Crippen LogP contribution is -2.45. The number of para-hydroxylation sites is 1. The van der Waals surface area contributed by atoms with Crippen LogP contribution in [0.15, 0.2) is 72.9 Å². The van der Waals surface area contributed by atoms with Crippen molar-refractivity contribution in [1.29, 1.82) is 0 Å². The molecule has 0 bridgehead atoms. The van der Waals surface area contributed by atoms with Crippen molar-refractivity contribution in [3.63, 3.8) is 0 Å². The maximum absolute atomic E-state index is 13.2. The number of carbonyl (C=O) groups excluding carboxylic acids is 4. The van der Waals surface area contributed by atoms with Gasteiger partial charge in [-0.15, -0.1) is 0 Å². The third-order valence-electron chi connectivity index (χ3n) is 6.91. The van der Waals surface area contributed by atoms with Gasteiger partial charge in [-0.3, -0.25) is 9.59 Å². The number of ether oxygens (including phenoxy) is 2. The number of esters is 1. The molecule has 4 aromatic rings. The van der Waals surface area contributed by atoms with E-state index in [9.17, 15) is 19.2 Å². The molecule has 42 heavy (non-hydrogen) atoms. The second-order valence-electron chi connectivity index (χ2n) is 11.1. The SMILES string of the molecule is CC(C)(C)OC(=O)N[C@@H](Cc1c[nH]c2ccccc12)C(=O)OCCCNc1cccc2c1C(=O)c1ccccc1C2=O. The Morgan fingerprint density at radius 2 is 1.57 bits per heavy atom. The summed E-state index contributed by atoms with van der Waals surface area (Å²) in [5.74, 6) is -0.972. The Morgan fingerprint density at radius 3 is 2.33 bits per heavy atom. The van der Waals surface area contributed by atoms with Gasteiger partial charge in [0.1, 0.15) is 11.6 Å². The number of nitrogens with one attached hydrogen (secondary N) is 3. The van der Waals surface area contributed by atoms with E-state index < -0.39 is 23.7 Å². The van der Waals surface area contributed by atoms with Gasteiger partial charge in [0, 0.05) is 52.4 Å². The number of fused-ring (bicyclic) bond motifs is 3. The topological polar surface area (TPSA) is 127 Å². The fourth-order valence-electron chi connectivity index (χ4n) is 5.02. The largest absolute Gasteiger partial charge is 0.464 e. The van der Waals surface area contributed by atoms with Crippen molar-refractivity contribution in [3.05, 3.63) is 101 Å². The molecule has 1 aromatic heterocycles. The lowest BCUT2D eigenvalue weighted by atomic mass is 9.83. The quantitative estimate of drug-likeness (QED) is 0.160. The molecule has 9 heteroatoms. The van der Waals surface area contributed by atoms with E-state index in [0.29, 0.717) is 40.9 Å². The first kappa shape index (κ1) is 28.6. The Balaban J connectivity index is 1.21. The first-order valence-electron chi connectivity index (χ1n) is 13.9. The molecule has 0 spiro atoms. The van der Waals surface area contributed by atoms with Crippen LogP contribution in [-0.2, 0) is 20.7 Å². The minimum atomic E-state index is -0.961. The van der Waals surface area contributed by atoms with Crippen LogP contribution in [0.2, 0.25) is 0 Å². The Bertz CT molecular complexity index is 1670. The lowest BCUT2D eigenvalue weighted by Gasteiger charge is -2.23. The van der Waals surface area contributed by atoms with Gasteiger partial charge in [0.25, 0.3) is 0 Å². The van der Waals surface area contributed by atoms with E-state index in [1.807, 2.05) is 30.5 Å². The molecule has 0 radical (unpaired) electrons. The van der Waals surface area contributed by atoms with Crippen LogP contribution in [0.25, 0.3) is 10.9 Å². The van der Waals surface area contributed by atoms with Gasteiger partial charge in [0.05, 0.1) is 12.2 Å². The molecule has 0 aliphatic heterocycles. The van der Waals surface area contributed by atoms with Crippen LogP contribution in [-0.4, -0.2) is 53.4 Å². The summed E-state index contributed by atoms with van der Waals surface area (Å²) in [5, 5.41) is 6.82. The van der Waals surface area contributed by atoms with Gasteiger partial charge < -0.3 is 25.1 Å². The summed E-state index contributed by atoms with van der Waals surface area (Å²) < 4.78 is 10.9. The van der Waals surface area contributed by atoms with Crippen molar-refractivity contribution in [2.24, 2.45) is 0 Å². The van der Waals surface area contributed by atoms with Gasteiger partial charge in [-0.1, -0.05) is 54.6 Å². The van der Waals surface area contributed by atoms with Crippen LogP contribution in [0.1, 0.15) is 64.6 Å². The average molecular weight is 568 g/mol. The number of hydrogen-bond acceptors (Lipinski definition) is 7. The Morgan fingerprint density at radius 1 is 0.881 bits per heavy atom. The maximum Gasteiger partial charge on any atom is 0.408 e. The van der Waals surface area contributed by atoms with E-state index in [1.165, 1.54) is 0 Å². The number of aromatic nitrogens is 1.